The number of carboxylic acids is 1. The molecule has 0 fully saturated rings. The van der Waals surface area contributed by atoms with Gasteiger partial charge in [-0.2, -0.15) is 0 Å². The van der Waals surface area contributed by atoms with Crippen molar-refractivity contribution in [2.45, 2.75) is 0 Å². The monoisotopic (exact) mass is 235 g/mol. The highest BCUT2D eigenvalue weighted by molar-refractivity contribution is 5.90. The topological polar surface area (TPSA) is 124 Å². The van der Waals surface area contributed by atoms with E-state index in [2.05, 4.69) is 15.1 Å². The van der Waals surface area contributed by atoms with Crippen LogP contribution in [0.15, 0.2) is 24.7 Å². The van der Waals surface area contributed by atoms with E-state index in [9.17, 15) is 14.9 Å². The molecule has 0 spiro atoms. The molecule has 1 N–H and O–H groups in total. The van der Waals surface area contributed by atoms with Gasteiger partial charge in [0.2, 0.25) is 6.33 Å². The van der Waals surface area contributed by atoms with Crippen molar-refractivity contribution in [2.24, 2.45) is 0 Å². The molecule has 2 heterocycles. The van der Waals surface area contributed by atoms with E-state index >= 15 is 0 Å². The second-order valence-electron chi connectivity index (χ2n) is 2.93. The SMILES string of the molecule is O=C(O)c1cccnc1-n1cnc([N+](=O)[O-])n1. The summed E-state index contributed by atoms with van der Waals surface area (Å²) in [6.07, 6.45) is 2.39. The molecule has 0 bridgehead atoms. The van der Waals surface area contributed by atoms with E-state index in [0.29, 0.717) is 0 Å². The normalized spacial score (nSPS) is 10.1. The zero-order valence-corrected chi connectivity index (χ0v) is 8.22. The Hall–Kier alpha value is -2.84. The number of rotatable bonds is 3. The van der Waals surface area contributed by atoms with Crippen LogP contribution in [-0.4, -0.2) is 35.7 Å². The fraction of sp³-hybridized carbons (Fsp3) is 0. The molecule has 0 radical (unpaired) electrons. The molecule has 0 aromatic carbocycles. The molecule has 2 rings (SSSR count). The lowest BCUT2D eigenvalue weighted by Gasteiger charge is -1.99. The molecule has 0 saturated heterocycles. The third kappa shape index (κ3) is 1.93. The predicted molar refractivity (Wildman–Crippen MR) is 52.8 cm³/mol. The predicted octanol–water partition coefficient (Wildman–Crippen LogP) is 0.269. The minimum Gasteiger partial charge on any atom is -0.478 e. The first kappa shape index (κ1) is 10.7. The number of hydrogen-bond acceptors (Lipinski definition) is 6. The average molecular weight is 235 g/mol. The maximum absolute atomic E-state index is 10.9. The summed E-state index contributed by atoms with van der Waals surface area (Å²) in [5.41, 5.74) is -0.118. The Kier molecular flexibility index (Phi) is 2.49. The zero-order chi connectivity index (χ0) is 12.4. The number of carboxylic acid groups (broad SMARTS) is 1. The first-order chi connectivity index (χ1) is 8.09. The lowest BCUT2D eigenvalue weighted by Crippen LogP contribution is -2.08. The fourth-order valence-electron chi connectivity index (χ4n) is 1.19. The van der Waals surface area contributed by atoms with Gasteiger partial charge in [-0.15, -0.1) is 4.68 Å². The van der Waals surface area contributed by atoms with Crippen molar-refractivity contribution in [2.75, 3.05) is 0 Å². The summed E-state index contributed by atoms with van der Waals surface area (Å²) in [6, 6.07) is 2.76. The van der Waals surface area contributed by atoms with Crippen LogP contribution in [0.25, 0.3) is 5.82 Å². The van der Waals surface area contributed by atoms with Crippen molar-refractivity contribution in [3.05, 3.63) is 40.3 Å². The van der Waals surface area contributed by atoms with Crippen LogP contribution in [0.5, 0.6) is 0 Å². The van der Waals surface area contributed by atoms with Gasteiger partial charge in [-0.1, -0.05) is 4.98 Å². The van der Waals surface area contributed by atoms with Gasteiger partial charge in [0.05, 0.1) is 0 Å². The number of hydrogen-bond donors (Lipinski definition) is 1. The maximum atomic E-state index is 10.9. The second-order valence-corrected chi connectivity index (χ2v) is 2.93. The molecular weight excluding hydrogens is 230 g/mol. The van der Waals surface area contributed by atoms with Crippen molar-refractivity contribution >= 4 is 11.9 Å². The van der Waals surface area contributed by atoms with Gasteiger partial charge in [0.15, 0.2) is 5.82 Å². The van der Waals surface area contributed by atoms with E-state index in [4.69, 9.17) is 5.11 Å². The second kappa shape index (κ2) is 3.96. The fourth-order valence-corrected chi connectivity index (χ4v) is 1.19. The lowest BCUT2D eigenvalue weighted by atomic mass is 10.2. The third-order valence-electron chi connectivity index (χ3n) is 1.88. The summed E-state index contributed by atoms with van der Waals surface area (Å²) in [7, 11) is 0. The van der Waals surface area contributed by atoms with Crippen molar-refractivity contribution in [1.82, 2.24) is 19.7 Å². The van der Waals surface area contributed by atoms with Crippen molar-refractivity contribution < 1.29 is 14.8 Å². The molecule has 0 unspecified atom stereocenters. The highest BCUT2D eigenvalue weighted by Gasteiger charge is 2.19. The Morgan fingerprint density at radius 3 is 2.82 bits per heavy atom. The Balaban J connectivity index is 2.52. The number of carbonyl (C=O) groups is 1. The van der Waals surface area contributed by atoms with Crippen molar-refractivity contribution in [1.29, 1.82) is 0 Å². The summed E-state index contributed by atoms with van der Waals surface area (Å²) in [6.45, 7) is 0. The van der Waals surface area contributed by atoms with Crippen LogP contribution < -0.4 is 0 Å². The molecule has 0 saturated carbocycles. The summed E-state index contributed by atoms with van der Waals surface area (Å²) in [5, 5.41) is 22.8. The van der Waals surface area contributed by atoms with E-state index in [1.54, 1.807) is 0 Å². The molecule has 9 heteroatoms. The number of nitrogens with zero attached hydrogens (tertiary/aromatic N) is 5. The van der Waals surface area contributed by atoms with Crippen LogP contribution >= 0.6 is 0 Å². The molecule has 86 valence electrons. The molecule has 0 aliphatic rings. The number of aromatic carboxylic acids is 1. The first-order valence-electron chi connectivity index (χ1n) is 4.34. The first-order valence-corrected chi connectivity index (χ1v) is 4.34. The van der Waals surface area contributed by atoms with Crippen LogP contribution in [0.4, 0.5) is 5.95 Å². The van der Waals surface area contributed by atoms with Gasteiger partial charge in [-0.3, -0.25) is 0 Å². The zero-order valence-electron chi connectivity index (χ0n) is 8.22. The van der Waals surface area contributed by atoms with E-state index in [1.807, 2.05) is 0 Å². The van der Waals surface area contributed by atoms with E-state index in [1.165, 1.54) is 18.3 Å². The van der Waals surface area contributed by atoms with Crippen LogP contribution in [0, 0.1) is 10.1 Å². The molecule has 17 heavy (non-hydrogen) atoms. The van der Waals surface area contributed by atoms with Gasteiger partial charge in [-0.05, 0) is 17.1 Å². The molecule has 0 aliphatic carbocycles. The van der Waals surface area contributed by atoms with Gasteiger partial charge in [-0.25, -0.2) is 9.78 Å². The molecule has 0 aliphatic heterocycles. The molecule has 2 aromatic rings. The summed E-state index contributed by atoms with van der Waals surface area (Å²) < 4.78 is 0.946. The maximum Gasteiger partial charge on any atom is 0.491 e. The van der Waals surface area contributed by atoms with Gasteiger partial charge in [0.1, 0.15) is 5.56 Å². The highest BCUT2D eigenvalue weighted by atomic mass is 16.6. The molecule has 2 aromatic heterocycles. The minimum atomic E-state index is -1.20. The van der Waals surface area contributed by atoms with Gasteiger partial charge < -0.3 is 15.2 Å². The quantitative estimate of drug-likeness (QED) is 0.597. The van der Waals surface area contributed by atoms with Gasteiger partial charge in [0, 0.05) is 11.3 Å². The van der Waals surface area contributed by atoms with Gasteiger partial charge in [0.25, 0.3) is 0 Å². The number of nitro groups is 1. The van der Waals surface area contributed by atoms with E-state index in [0.717, 1.165) is 11.0 Å². The summed E-state index contributed by atoms with van der Waals surface area (Å²) in [4.78, 5) is 27.7. The highest BCUT2D eigenvalue weighted by Crippen LogP contribution is 2.11. The molecule has 9 nitrogen and oxygen atoms in total. The Bertz CT molecular complexity index is 593. The Morgan fingerprint density at radius 2 is 2.24 bits per heavy atom. The smallest absolute Gasteiger partial charge is 0.478 e. The van der Waals surface area contributed by atoms with E-state index < -0.39 is 16.8 Å². The molecule has 0 amide bonds. The van der Waals surface area contributed by atoms with Gasteiger partial charge >= 0.3 is 11.9 Å². The third-order valence-corrected chi connectivity index (χ3v) is 1.88. The van der Waals surface area contributed by atoms with Crippen LogP contribution in [0.3, 0.4) is 0 Å². The Labute approximate surface area is 93.5 Å². The minimum absolute atomic E-state index is 0.0272. The summed E-state index contributed by atoms with van der Waals surface area (Å²) >= 11 is 0. The Morgan fingerprint density at radius 1 is 1.47 bits per heavy atom. The summed E-state index contributed by atoms with van der Waals surface area (Å²) in [5.74, 6) is -1.85. The molecule has 0 atom stereocenters. The largest absolute Gasteiger partial charge is 0.491 e. The van der Waals surface area contributed by atoms with Crippen molar-refractivity contribution in [3.8, 4) is 5.82 Å². The van der Waals surface area contributed by atoms with Crippen LogP contribution in [0.1, 0.15) is 10.4 Å². The van der Waals surface area contributed by atoms with Crippen LogP contribution in [-0.2, 0) is 0 Å². The van der Waals surface area contributed by atoms with Crippen LogP contribution in [0.2, 0.25) is 0 Å². The molecular formula is C8H5N5O4. The number of aromatic nitrogens is 4. The van der Waals surface area contributed by atoms with E-state index in [-0.39, 0.29) is 11.4 Å². The standard InChI is InChI=1S/C8H5N5O4/c14-7(15)5-2-1-3-9-6(5)12-4-10-8(11-12)13(16)17/h1-4H,(H,14,15). The average Bonchev–Trinajstić information content (AvgIpc) is 2.78. The lowest BCUT2D eigenvalue weighted by molar-refractivity contribution is -0.394. The number of pyridine rings is 1. The van der Waals surface area contributed by atoms with Crippen molar-refractivity contribution in [3.63, 3.8) is 0 Å².